The number of rotatable bonds is 5. The Morgan fingerprint density at radius 1 is 1.39 bits per heavy atom. The lowest BCUT2D eigenvalue weighted by Crippen LogP contribution is -2.24. The Hall–Kier alpha value is -1.17. The van der Waals surface area contributed by atoms with Crippen LogP contribution in [0.5, 0.6) is 0 Å². The van der Waals surface area contributed by atoms with Gasteiger partial charge in [0.25, 0.3) is 0 Å². The SMILES string of the molecule is Cc1cnc(NCC2(CS(C)(=O)=O)CC2)nc1C. The van der Waals surface area contributed by atoms with Gasteiger partial charge in [-0.2, -0.15) is 0 Å². The summed E-state index contributed by atoms with van der Waals surface area (Å²) in [5.41, 5.74) is 1.90. The van der Waals surface area contributed by atoms with Crippen LogP contribution in [-0.4, -0.2) is 36.9 Å². The Labute approximate surface area is 108 Å². The third kappa shape index (κ3) is 3.41. The molecular formula is C12H19N3O2S. The molecule has 0 radical (unpaired) electrons. The lowest BCUT2D eigenvalue weighted by molar-refractivity contribution is 0.559. The van der Waals surface area contributed by atoms with Gasteiger partial charge in [-0.1, -0.05) is 0 Å². The molecule has 0 spiro atoms. The maximum absolute atomic E-state index is 11.3. The van der Waals surface area contributed by atoms with Crippen LogP contribution in [0.4, 0.5) is 5.95 Å². The first-order valence-corrected chi connectivity index (χ1v) is 8.08. The molecule has 0 aromatic carbocycles. The quantitative estimate of drug-likeness (QED) is 0.873. The molecule has 18 heavy (non-hydrogen) atoms. The molecule has 1 aliphatic rings. The summed E-state index contributed by atoms with van der Waals surface area (Å²) in [6.45, 7) is 4.53. The van der Waals surface area contributed by atoms with Gasteiger partial charge >= 0.3 is 0 Å². The van der Waals surface area contributed by atoms with Crippen LogP contribution in [0.2, 0.25) is 0 Å². The Kier molecular flexibility index (Phi) is 3.31. The number of hydrogen-bond acceptors (Lipinski definition) is 5. The lowest BCUT2D eigenvalue weighted by Gasteiger charge is -2.15. The summed E-state index contributed by atoms with van der Waals surface area (Å²) in [7, 11) is -2.92. The van der Waals surface area contributed by atoms with Gasteiger partial charge in [-0.3, -0.25) is 0 Å². The lowest BCUT2D eigenvalue weighted by atomic mass is 10.1. The molecule has 5 nitrogen and oxygen atoms in total. The highest BCUT2D eigenvalue weighted by Crippen LogP contribution is 2.46. The molecule has 0 saturated heterocycles. The van der Waals surface area contributed by atoms with Crippen LogP contribution in [-0.2, 0) is 9.84 Å². The second-order valence-electron chi connectivity index (χ2n) is 5.39. The standard InChI is InChI=1S/C12H19N3O2S/c1-9-6-13-11(15-10(9)2)14-7-12(4-5-12)8-18(3,16)17/h6H,4-5,7-8H2,1-3H3,(H,13,14,15). The summed E-state index contributed by atoms with van der Waals surface area (Å²) in [5, 5.41) is 3.15. The van der Waals surface area contributed by atoms with E-state index in [0.29, 0.717) is 12.5 Å². The number of nitrogens with one attached hydrogen (secondary N) is 1. The van der Waals surface area contributed by atoms with Gasteiger partial charge in [-0.05, 0) is 32.3 Å². The van der Waals surface area contributed by atoms with Crippen LogP contribution >= 0.6 is 0 Å². The van der Waals surface area contributed by atoms with E-state index >= 15 is 0 Å². The fraction of sp³-hybridized carbons (Fsp3) is 0.667. The molecule has 1 fully saturated rings. The van der Waals surface area contributed by atoms with Crippen molar-refractivity contribution in [2.45, 2.75) is 26.7 Å². The highest BCUT2D eigenvalue weighted by atomic mass is 32.2. The van der Waals surface area contributed by atoms with Crippen molar-refractivity contribution in [2.24, 2.45) is 5.41 Å². The fourth-order valence-corrected chi connectivity index (χ4v) is 3.49. The van der Waals surface area contributed by atoms with E-state index in [9.17, 15) is 8.42 Å². The molecule has 0 bridgehead atoms. The fourth-order valence-electron chi connectivity index (χ4n) is 1.98. The zero-order chi connectivity index (χ0) is 13.4. The third-order valence-electron chi connectivity index (χ3n) is 3.37. The monoisotopic (exact) mass is 269 g/mol. The molecular weight excluding hydrogens is 250 g/mol. The molecule has 0 atom stereocenters. The van der Waals surface area contributed by atoms with Crippen molar-refractivity contribution < 1.29 is 8.42 Å². The summed E-state index contributed by atoms with van der Waals surface area (Å²) < 4.78 is 22.7. The van der Waals surface area contributed by atoms with Gasteiger partial charge in [0.05, 0.1) is 5.75 Å². The van der Waals surface area contributed by atoms with Crippen molar-refractivity contribution in [1.29, 1.82) is 0 Å². The van der Waals surface area contributed by atoms with E-state index in [1.807, 2.05) is 13.8 Å². The van der Waals surface area contributed by atoms with Gasteiger partial charge in [0.1, 0.15) is 9.84 Å². The minimum Gasteiger partial charge on any atom is -0.354 e. The molecule has 1 aromatic rings. The van der Waals surface area contributed by atoms with Gasteiger partial charge in [0, 0.05) is 30.1 Å². The topological polar surface area (TPSA) is 72.0 Å². The van der Waals surface area contributed by atoms with Crippen molar-refractivity contribution in [1.82, 2.24) is 9.97 Å². The number of sulfone groups is 1. The largest absolute Gasteiger partial charge is 0.354 e. The van der Waals surface area contributed by atoms with Crippen molar-refractivity contribution in [2.75, 3.05) is 23.9 Å². The second-order valence-corrected chi connectivity index (χ2v) is 7.53. The number of anilines is 1. The highest BCUT2D eigenvalue weighted by Gasteiger charge is 2.45. The van der Waals surface area contributed by atoms with Gasteiger partial charge < -0.3 is 5.32 Å². The van der Waals surface area contributed by atoms with Gasteiger partial charge in [0.2, 0.25) is 5.95 Å². The van der Waals surface area contributed by atoms with Crippen molar-refractivity contribution in [3.63, 3.8) is 0 Å². The summed E-state index contributed by atoms with van der Waals surface area (Å²) >= 11 is 0. The van der Waals surface area contributed by atoms with E-state index < -0.39 is 9.84 Å². The first-order chi connectivity index (χ1) is 8.30. The molecule has 1 N–H and O–H groups in total. The molecule has 0 unspecified atom stereocenters. The number of aryl methyl sites for hydroxylation is 2. The molecule has 100 valence electrons. The second kappa shape index (κ2) is 4.50. The molecule has 1 aromatic heterocycles. The van der Waals surface area contributed by atoms with Crippen LogP contribution in [0.15, 0.2) is 6.20 Å². The van der Waals surface area contributed by atoms with Crippen LogP contribution in [0.25, 0.3) is 0 Å². The zero-order valence-electron chi connectivity index (χ0n) is 11.0. The van der Waals surface area contributed by atoms with Crippen LogP contribution in [0.1, 0.15) is 24.1 Å². The average Bonchev–Trinajstić information content (AvgIpc) is 2.98. The van der Waals surface area contributed by atoms with Gasteiger partial charge in [0.15, 0.2) is 0 Å². The van der Waals surface area contributed by atoms with E-state index in [0.717, 1.165) is 24.1 Å². The molecule has 1 saturated carbocycles. The summed E-state index contributed by atoms with van der Waals surface area (Å²) in [4.78, 5) is 8.52. The van der Waals surface area contributed by atoms with Gasteiger partial charge in [-0.15, -0.1) is 0 Å². The minimum atomic E-state index is -2.92. The molecule has 6 heteroatoms. The number of hydrogen-bond donors (Lipinski definition) is 1. The molecule has 1 aliphatic carbocycles. The first-order valence-electron chi connectivity index (χ1n) is 6.02. The molecule has 0 aliphatic heterocycles. The van der Waals surface area contributed by atoms with E-state index in [1.54, 1.807) is 6.20 Å². The van der Waals surface area contributed by atoms with E-state index in [1.165, 1.54) is 6.26 Å². The summed E-state index contributed by atoms with van der Waals surface area (Å²) in [6.07, 6.45) is 4.98. The van der Waals surface area contributed by atoms with Crippen molar-refractivity contribution in [3.8, 4) is 0 Å². The molecule has 2 rings (SSSR count). The van der Waals surface area contributed by atoms with Crippen molar-refractivity contribution >= 4 is 15.8 Å². The number of nitrogens with zero attached hydrogens (tertiary/aromatic N) is 2. The van der Waals surface area contributed by atoms with E-state index in [-0.39, 0.29) is 11.2 Å². The predicted molar refractivity (Wildman–Crippen MR) is 71.4 cm³/mol. The Morgan fingerprint density at radius 2 is 2.06 bits per heavy atom. The Morgan fingerprint density at radius 3 is 2.56 bits per heavy atom. The maximum Gasteiger partial charge on any atom is 0.222 e. The zero-order valence-corrected chi connectivity index (χ0v) is 11.8. The van der Waals surface area contributed by atoms with E-state index in [2.05, 4.69) is 15.3 Å². The average molecular weight is 269 g/mol. The maximum atomic E-state index is 11.3. The van der Waals surface area contributed by atoms with Gasteiger partial charge in [-0.25, -0.2) is 18.4 Å². The van der Waals surface area contributed by atoms with Crippen molar-refractivity contribution in [3.05, 3.63) is 17.5 Å². The normalized spacial score (nSPS) is 17.5. The first kappa shape index (κ1) is 13.3. The minimum absolute atomic E-state index is 0.101. The van der Waals surface area contributed by atoms with E-state index in [4.69, 9.17) is 0 Å². The highest BCUT2D eigenvalue weighted by molar-refractivity contribution is 7.90. The summed E-state index contributed by atoms with van der Waals surface area (Å²) in [6, 6.07) is 0. The van der Waals surface area contributed by atoms with Crippen LogP contribution in [0.3, 0.4) is 0 Å². The Bertz CT molecular complexity index is 550. The molecule has 1 heterocycles. The number of aromatic nitrogens is 2. The Balaban J connectivity index is 1.97. The summed E-state index contributed by atoms with van der Waals surface area (Å²) in [5.74, 6) is 0.829. The third-order valence-corrected chi connectivity index (χ3v) is 4.51. The van der Waals surface area contributed by atoms with Crippen LogP contribution < -0.4 is 5.32 Å². The van der Waals surface area contributed by atoms with Crippen LogP contribution in [0, 0.1) is 19.3 Å². The predicted octanol–water partition coefficient (Wildman–Crippen LogP) is 1.33. The molecule has 0 amide bonds. The smallest absolute Gasteiger partial charge is 0.222 e.